The monoisotopic (exact) mass is 264 g/mol. The molecule has 0 radical (unpaired) electrons. The van der Waals surface area contributed by atoms with E-state index in [4.69, 9.17) is 11.6 Å². The summed E-state index contributed by atoms with van der Waals surface area (Å²) in [5, 5.41) is 4.01. The Morgan fingerprint density at radius 2 is 1.94 bits per heavy atom. The first-order valence-corrected chi connectivity index (χ1v) is 6.67. The van der Waals surface area contributed by atoms with Crippen molar-refractivity contribution in [2.75, 3.05) is 6.54 Å². The smallest absolute Gasteiger partial charge is 0.238 e. The summed E-state index contributed by atoms with van der Waals surface area (Å²) in [6.07, 6.45) is 1.09. The summed E-state index contributed by atoms with van der Waals surface area (Å²) >= 11 is 5.90. The normalized spacial score (nSPS) is 29.7. The molecule has 96 valence electrons. The van der Waals surface area contributed by atoms with E-state index in [2.05, 4.69) is 19.2 Å². The lowest BCUT2D eigenvalue weighted by molar-refractivity contribution is -0.129. The molecule has 2 fully saturated rings. The first kappa shape index (κ1) is 12.0. The molecule has 4 heteroatoms. The van der Waals surface area contributed by atoms with Gasteiger partial charge in [0, 0.05) is 11.1 Å². The molecule has 3 nitrogen and oxygen atoms in total. The van der Waals surface area contributed by atoms with Crippen molar-refractivity contribution in [1.29, 1.82) is 0 Å². The molecule has 1 saturated carbocycles. The quantitative estimate of drug-likeness (QED) is 0.890. The van der Waals surface area contributed by atoms with Crippen LogP contribution in [0.5, 0.6) is 0 Å². The van der Waals surface area contributed by atoms with Crippen LogP contribution in [0.15, 0.2) is 24.3 Å². The summed E-state index contributed by atoms with van der Waals surface area (Å²) in [4.78, 5) is 14.0. The summed E-state index contributed by atoms with van der Waals surface area (Å²) < 4.78 is 0. The van der Waals surface area contributed by atoms with Gasteiger partial charge in [-0.25, -0.2) is 0 Å². The zero-order chi connectivity index (χ0) is 12.9. The lowest BCUT2D eigenvalue weighted by atomic mass is 10.1. The van der Waals surface area contributed by atoms with Crippen LogP contribution in [0.2, 0.25) is 5.02 Å². The molecule has 0 aromatic heterocycles. The first-order chi connectivity index (χ1) is 8.49. The van der Waals surface area contributed by atoms with Crippen LogP contribution in [0.1, 0.15) is 32.0 Å². The number of rotatable bonds is 2. The highest BCUT2D eigenvalue weighted by Gasteiger charge is 2.54. The molecule has 0 bridgehead atoms. The fourth-order valence-corrected chi connectivity index (χ4v) is 2.84. The van der Waals surface area contributed by atoms with Gasteiger partial charge in [-0.05, 0) is 29.5 Å². The molecule has 2 unspecified atom stereocenters. The Balaban J connectivity index is 1.87. The highest BCUT2D eigenvalue weighted by molar-refractivity contribution is 6.30. The Morgan fingerprint density at radius 1 is 1.33 bits per heavy atom. The minimum atomic E-state index is 0.00143. The Morgan fingerprint density at radius 3 is 2.50 bits per heavy atom. The van der Waals surface area contributed by atoms with Crippen LogP contribution in [0.25, 0.3) is 0 Å². The number of benzene rings is 1. The third-order valence-corrected chi connectivity index (χ3v) is 4.25. The number of nitrogens with zero attached hydrogens (tertiary/aromatic N) is 1. The van der Waals surface area contributed by atoms with Crippen molar-refractivity contribution in [3.63, 3.8) is 0 Å². The van der Waals surface area contributed by atoms with Crippen LogP contribution in [0.3, 0.4) is 0 Å². The molecular formula is C14H17ClN2O. The van der Waals surface area contributed by atoms with Crippen molar-refractivity contribution in [3.05, 3.63) is 34.9 Å². The lowest BCUT2D eigenvalue weighted by Crippen LogP contribution is -2.34. The third-order valence-electron chi connectivity index (χ3n) is 4.00. The molecule has 1 aliphatic carbocycles. The van der Waals surface area contributed by atoms with Gasteiger partial charge in [0.05, 0.1) is 6.54 Å². The number of carbonyl (C=O) groups is 1. The average molecular weight is 265 g/mol. The molecule has 1 saturated heterocycles. The maximum absolute atomic E-state index is 12.0. The summed E-state index contributed by atoms with van der Waals surface area (Å²) in [5.41, 5.74) is 1.36. The highest BCUT2D eigenvalue weighted by atomic mass is 35.5. The zero-order valence-electron chi connectivity index (χ0n) is 10.6. The van der Waals surface area contributed by atoms with E-state index in [-0.39, 0.29) is 17.5 Å². The number of halogens is 1. The van der Waals surface area contributed by atoms with Crippen molar-refractivity contribution in [2.45, 2.75) is 32.5 Å². The third kappa shape index (κ3) is 1.91. The Bertz CT molecular complexity index is 483. The van der Waals surface area contributed by atoms with Gasteiger partial charge in [0.1, 0.15) is 6.17 Å². The number of nitrogens with one attached hydrogen (secondary N) is 1. The second-order valence-corrected chi connectivity index (χ2v) is 6.28. The van der Waals surface area contributed by atoms with E-state index in [1.807, 2.05) is 29.2 Å². The van der Waals surface area contributed by atoms with Crippen molar-refractivity contribution in [2.24, 2.45) is 5.41 Å². The number of carbonyl (C=O) groups excluding carboxylic acids is 1. The largest absolute Gasteiger partial charge is 0.318 e. The molecule has 1 aromatic rings. The minimum absolute atomic E-state index is 0.00143. The molecule has 2 atom stereocenters. The molecular weight excluding hydrogens is 248 g/mol. The van der Waals surface area contributed by atoms with E-state index >= 15 is 0 Å². The fourth-order valence-electron chi connectivity index (χ4n) is 2.71. The van der Waals surface area contributed by atoms with E-state index in [1.165, 1.54) is 0 Å². The van der Waals surface area contributed by atoms with Gasteiger partial charge in [-0.15, -0.1) is 0 Å². The fraction of sp³-hybridized carbons (Fsp3) is 0.500. The van der Waals surface area contributed by atoms with Crippen LogP contribution in [-0.2, 0) is 4.79 Å². The zero-order valence-corrected chi connectivity index (χ0v) is 11.4. The Kier molecular flexibility index (Phi) is 2.65. The van der Waals surface area contributed by atoms with Crippen LogP contribution >= 0.6 is 11.6 Å². The SMILES string of the molecule is CC1(C)CC1N1C(=O)CNC1c1ccc(Cl)cc1. The molecule has 3 rings (SSSR count). The number of hydrogen-bond donors (Lipinski definition) is 1. The van der Waals surface area contributed by atoms with Crippen molar-refractivity contribution in [3.8, 4) is 0 Å². The van der Waals surface area contributed by atoms with Gasteiger partial charge in [0.2, 0.25) is 5.91 Å². The summed E-state index contributed by atoms with van der Waals surface area (Å²) in [6, 6.07) is 8.08. The summed E-state index contributed by atoms with van der Waals surface area (Å²) in [5.74, 6) is 0.200. The summed E-state index contributed by atoms with van der Waals surface area (Å²) in [6.45, 7) is 4.85. The van der Waals surface area contributed by atoms with Gasteiger partial charge in [0.25, 0.3) is 0 Å². The van der Waals surface area contributed by atoms with E-state index in [9.17, 15) is 4.79 Å². The molecule has 1 heterocycles. The molecule has 0 spiro atoms. The van der Waals surface area contributed by atoms with E-state index in [0.29, 0.717) is 12.6 Å². The topological polar surface area (TPSA) is 32.3 Å². The van der Waals surface area contributed by atoms with Gasteiger partial charge in [0.15, 0.2) is 0 Å². The maximum atomic E-state index is 12.0. The van der Waals surface area contributed by atoms with E-state index in [1.54, 1.807) is 0 Å². The molecule has 1 N–H and O–H groups in total. The molecule has 1 aromatic carbocycles. The van der Waals surface area contributed by atoms with Gasteiger partial charge in [-0.3, -0.25) is 10.1 Å². The molecule has 2 aliphatic rings. The van der Waals surface area contributed by atoms with Crippen LogP contribution in [0.4, 0.5) is 0 Å². The van der Waals surface area contributed by atoms with Gasteiger partial charge in [-0.1, -0.05) is 37.6 Å². The van der Waals surface area contributed by atoms with E-state index < -0.39 is 0 Å². The van der Waals surface area contributed by atoms with Crippen LogP contribution < -0.4 is 5.32 Å². The molecule has 18 heavy (non-hydrogen) atoms. The number of amides is 1. The predicted molar refractivity (Wildman–Crippen MR) is 71.2 cm³/mol. The molecule has 1 amide bonds. The first-order valence-electron chi connectivity index (χ1n) is 6.29. The standard InChI is InChI=1S/C14H17ClN2O/c1-14(2)7-11(14)17-12(18)8-16-13(17)9-3-5-10(15)6-4-9/h3-6,11,13,16H,7-8H2,1-2H3. The lowest BCUT2D eigenvalue weighted by Gasteiger charge is -2.26. The minimum Gasteiger partial charge on any atom is -0.318 e. The van der Waals surface area contributed by atoms with Crippen LogP contribution in [0, 0.1) is 5.41 Å². The molecule has 1 aliphatic heterocycles. The Labute approximate surface area is 112 Å². The average Bonchev–Trinajstić information content (AvgIpc) is 2.77. The second-order valence-electron chi connectivity index (χ2n) is 5.84. The number of hydrogen-bond acceptors (Lipinski definition) is 2. The van der Waals surface area contributed by atoms with Crippen molar-refractivity contribution < 1.29 is 4.79 Å². The van der Waals surface area contributed by atoms with Gasteiger partial charge in [-0.2, -0.15) is 0 Å². The van der Waals surface area contributed by atoms with Gasteiger partial charge < -0.3 is 4.90 Å². The van der Waals surface area contributed by atoms with Crippen LogP contribution in [-0.4, -0.2) is 23.4 Å². The second kappa shape index (κ2) is 3.97. The van der Waals surface area contributed by atoms with Gasteiger partial charge >= 0.3 is 0 Å². The Hall–Kier alpha value is -1.06. The van der Waals surface area contributed by atoms with Crippen molar-refractivity contribution in [1.82, 2.24) is 10.2 Å². The predicted octanol–water partition coefficient (Wildman–Crippen LogP) is 2.57. The summed E-state index contributed by atoms with van der Waals surface area (Å²) in [7, 11) is 0. The maximum Gasteiger partial charge on any atom is 0.238 e. The van der Waals surface area contributed by atoms with E-state index in [0.717, 1.165) is 17.0 Å². The highest BCUT2D eigenvalue weighted by Crippen LogP contribution is 2.51. The van der Waals surface area contributed by atoms with Crippen molar-refractivity contribution >= 4 is 17.5 Å².